The summed E-state index contributed by atoms with van der Waals surface area (Å²) < 4.78 is 13.2. The molecule has 0 fully saturated rings. The lowest BCUT2D eigenvalue weighted by Crippen LogP contribution is -2.15. The highest BCUT2D eigenvalue weighted by Gasteiger charge is 2.37. The monoisotopic (exact) mass is 427 g/mol. The second-order valence-electron chi connectivity index (χ2n) is 8.72. The van der Waals surface area contributed by atoms with Crippen molar-refractivity contribution in [1.82, 2.24) is 0 Å². The largest absolute Gasteiger partial charge is 0.508 e. The van der Waals surface area contributed by atoms with Gasteiger partial charge in [-0.3, -0.25) is 4.79 Å². The van der Waals surface area contributed by atoms with Crippen LogP contribution in [0.3, 0.4) is 0 Å². The minimum absolute atomic E-state index is 0.101. The van der Waals surface area contributed by atoms with Crippen LogP contribution in [-0.2, 0) is 12.1 Å². The first-order chi connectivity index (χ1) is 15.3. The van der Waals surface area contributed by atoms with Gasteiger partial charge in [0.15, 0.2) is 0 Å². The van der Waals surface area contributed by atoms with E-state index in [2.05, 4.69) is 19.2 Å². The molecule has 0 unspecified atom stereocenters. The first-order valence-electron chi connectivity index (χ1n) is 10.4. The van der Waals surface area contributed by atoms with Gasteiger partial charge in [0.25, 0.3) is 5.91 Å². The zero-order chi connectivity index (χ0) is 22.6. The average Bonchev–Trinajstić information content (AvgIpc) is 3.00. The molecule has 1 amide bonds. The molecule has 0 aliphatic heterocycles. The molecule has 0 saturated heterocycles. The van der Waals surface area contributed by atoms with Gasteiger partial charge in [-0.15, -0.1) is 0 Å². The van der Waals surface area contributed by atoms with Crippen LogP contribution in [0.2, 0.25) is 0 Å². The Morgan fingerprint density at radius 2 is 1.66 bits per heavy atom. The zero-order valence-corrected chi connectivity index (χ0v) is 17.7. The number of carbonyl (C=O) groups excluding carboxylic acids is 1. The van der Waals surface area contributed by atoms with Crippen LogP contribution in [0.25, 0.3) is 21.9 Å². The molecule has 1 aliphatic rings. The quantitative estimate of drug-likeness (QED) is 0.360. The average molecular weight is 427 g/mol. The number of aromatic hydroxyl groups is 2. The number of hydrogen-bond donors (Lipinski definition) is 3. The summed E-state index contributed by atoms with van der Waals surface area (Å²) in [5.41, 5.74) is 5.32. The number of alkyl halides is 1. The summed E-state index contributed by atoms with van der Waals surface area (Å²) in [7, 11) is 0. The van der Waals surface area contributed by atoms with E-state index < -0.39 is 6.67 Å². The van der Waals surface area contributed by atoms with Crippen molar-refractivity contribution >= 4 is 22.4 Å². The highest BCUT2D eigenvalue weighted by atomic mass is 19.1. The fourth-order valence-electron chi connectivity index (χ4n) is 4.65. The SMILES string of the molecule is CC1(C)c2ccc(NC(=O)c3ccc(O)cc3)cc2-c2c1cc(O)c1cc(CF)ccc21. The minimum Gasteiger partial charge on any atom is -0.508 e. The van der Waals surface area contributed by atoms with Crippen molar-refractivity contribution < 1.29 is 19.4 Å². The number of amides is 1. The predicted octanol–water partition coefficient (Wildman–Crippen LogP) is 6.28. The van der Waals surface area contributed by atoms with E-state index in [0.29, 0.717) is 22.2 Å². The molecule has 3 N–H and O–H groups in total. The van der Waals surface area contributed by atoms with E-state index in [9.17, 15) is 19.4 Å². The zero-order valence-electron chi connectivity index (χ0n) is 17.7. The Bertz CT molecular complexity index is 1390. The Morgan fingerprint density at radius 3 is 2.38 bits per heavy atom. The second-order valence-corrected chi connectivity index (χ2v) is 8.72. The van der Waals surface area contributed by atoms with Crippen molar-refractivity contribution in [2.45, 2.75) is 25.9 Å². The van der Waals surface area contributed by atoms with Gasteiger partial charge >= 0.3 is 0 Å². The third-order valence-electron chi connectivity index (χ3n) is 6.36. The molecule has 0 radical (unpaired) electrons. The fraction of sp³-hybridized carbons (Fsp3) is 0.148. The van der Waals surface area contributed by atoms with E-state index in [4.69, 9.17) is 0 Å². The number of anilines is 1. The molecule has 0 atom stereocenters. The number of phenolic OH excluding ortho intramolecular Hbond substituents is 2. The van der Waals surface area contributed by atoms with Gasteiger partial charge in [0.1, 0.15) is 18.2 Å². The maximum atomic E-state index is 13.2. The van der Waals surface area contributed by atoms with Crippen LogP contribution < -0.4 is 5.32 Å². The number of halogens is 1. The third-order valence-corrected chi connectivity index (χ3v) is 6.36. The van der Waals surface area contributed by atoms with Gasteiger partial charge in [-0.1, -0.05) is 32.0 Å². The van der Waals surface area contributed by atoms with Gasteiger partial charge in [0, 0.05) is 22.1 Å². The van der Waals surface area contributed by atoms with Gasteiger partial charge in [-0.2, -0.15) is 0 Å². The molecule has 0 saturated carbocycles. The molecule has 5 heteroatoms. The molecular weight excluding hydrogens is 405 g/mol. The van der Waals surface area contributed by atoms with Gasteiger partial charge < -0.3 is 15.5 Å². The van der Waals surface area contributed by atoms with Gasteiger partial charge in [0.05, 0.1) is 0 Å². The first kappa shape index (κ1) is 20.1. The summed E-state index contributed by atoms with van der Waals surface area (Å²) in [5, 5.41) is 24.5. The molecule has 4 aromatic rings. The topological polar surface area (TPSA) is 69.6 Å². The lowest BCUT2D eigenvalue weighted by molar-refractivity contribution is 0.102. The van der Waals surface area contributed by atoms with Crippen LogP contribution in [0.5, 0.6) is 11.5 Å². The van der Waals surface area contributed by atoms with Crippen LogP contribution in [0.1, 0.15) is 40.9 Å². The molecule has 0 bridgehead atoms. The number of benzene rings is 4. The van der Waals surface area contributed by atoms with Crippen LogP contribution >= 0.6 is 0 Å². The van der Waals surface area contributed by atoms with Crippen LogP contribution in [0, 0.1) is 0 Å². The molecule has 160 valence electrons. The summed E-state index contributed by atoms with van der Waals surface area (Å²) in [5.74, 6) is -0.0367. The normalized spacial score (nSPS) is 13.6. The van der Waals surface area contributed by atoms with Crippen molar-refractivity contribution in [1.29, 1.82) is 0 Å². The number of hydrogen-bond acceptors (Lipinski definition) is 3. The molecular formula is C27H22FNO3. The van der Waals surface area contributed by atoms with E-state index in [1.807, 2.05) is 24.3 Å². The summed E-state index contributed by atoms with van der Waals surface area (Å²) in [6, 6.07) is 18.9. The summed E-state index contributed by atoms with van der Waals surface area (Å²) >= 11 is 0. The van der Waals surface area contributed by atoms with Crippen LogP contribution in [0.15, 0.2) is 66.7 Å². The lowest BCUT2D eigenvalue weighted by atomic mass is 9.82. The Morgan fingerprint density at radius 1 is 0.906 bits per heavy atom. The van der Waals surface area contributed by atoms with Gasteiger partial charge in [-0.25, -0.2) is 4.39 Å². The molecule has 32 heavy (non-hydrogen) atoms. The molecule has 0 heterocycles. The number of fused-ring (bicyclic) bond motifs is 5. The first-order valence-corrected chi connectivity index (χ1v) is 10.4. The van der Waals surface area contributed by atoms with E-state index in [-0.39, 0.29) is 22.8 Å². The Hall–Kier alpha value is -3.86. The van der Waals surface area contributed by atoms with Crippen molar-refractivity contribution in [2.75, 3.05) is 5.32 Å². The van der Waals surface area contributed by atoms with Gasteiger partial charge in [0.2, 0.25) is 0 Å². The van der Waals surface area contributed by atoms with E-state index in [1.54, 1.807) is 30.3 Å². The fourth-order valence-corrected chi connectivity index (χ4v) is 4.65. The van der Waals surface area contributed by atoms with Crippen LogP contribution in [-0.4, -0.2) is 16.1 Å². The third kappa shape index (κ3) is 3.01. The van der Waals surface area contributed by atoms with Crippen molar-refractivity contribution in [2.24, 2.45) is 0 Å². The van der Waals surface area contributed by atoms with E-state index in [0.717, 1.165) is 27.6 Å². The molecule has 5 rings (SSSR count). The molecule has 0 aromatic heterocycles. The highest BCUT2D eigenvalue weighted by Crippen LogP contribution is 2.53. The van der Waals surface area contributed by atoms with E-state index >= 15 is 0 Å². The van der Waals surface area contributed by atoms with Gasteiger partial charge in [-0.05, 0) is 81.7 Å². The molecule has 0 spiro atoms. The Balaban J connectivity index is 1.64. The summed E-state index contributed by atoms with van der Waals surface area (Å²) in [6.07, 6.45) is 0. The van der Waals surface area contributed by atoms with Crippen molar-refractivity contribution in [3.05, 3.63) is 89.0 Å². The van der Waals surface area contributed by atoms with Crippen molar-refractivity contribution in [3.63, 3.8) is 0 Å². The predicted molar refractivity (Wildman–Crippen MR) is 124 cm³/mol. The number of nitrogens with one attached hydrogen (secondary N) is 1. The smallest absolute Gasteiger partial charge is 0.255 e. The maximum Gasteiger partial charge on any atom is 0.255 e. The molecule has 1 aliphatic carbocycles. The number of phenols is 2. The standard InChI is InChI=1S/C27H22FNO3/c1-27(2)22-10-6-17(29-26(32)16-4-7-18(30)8-5-16)12-21(22)25-19-9-3-15(14-28)11-20(19)24(31)13-23(25)27/h3-13,30-31H,14H2,1-2H3,(H,29,32). The summed E-state index contributed by atoms with van der Waals surface area (Å²) in [6.45, 7) is 3.61. The number of rotatable bonds is 3. The number of carbonyl (C=O) groups is 1. The minimum atomic E-state index is -0.595. The Kier molecular flexibility index (Phi) is 4.45. The summed E-state index contributed by atoms with van der Waals surface area (Å²) in [4.78, 5) is 12.7. The second kappa shape index (κ2) is 7.09. The highest BCUT2D eigenvalue weighted by molar-refractivity contribution is 6.07. The van der Waals surface area contributed by atoms with Crippen LogP contribution in [0.4, 0.5) is 10.1 Å². The maximum absolute atomic E-state index is 13.2. The van der Waals surface area contributed by atoms with E-state index in [1.165, 1.54) is 12.1 Å². The molecule has 4 nitrogen and oxygen atoms in total. The Labute approximate surface area is 185 Å². The lowest BCUT2D eigenvalue weighted by Gasteiger charge is -2.22. The molecule has 4 aromatic carbocycles. The van der Waals surface area contributed by atoms with Crippen molar-refractivity contribution in [3.8, 4) is 22.6 Å².